The second-order valence-corrected chi connectivity index (χ2v) is 5.04. The lowest BCUT2D eigenvalue weighted by Gasteiger charge is -2.12. The van der Waals surface area contributed by atoms with E-state index in [-0.39, 0.29) is 5.69 Å². The Hall–Kier alpha value is -1.83. The third-order valence-corrected chi connectivity index (χ3v) is 3.46. The Kier molecular flexibility index (Phi) is 3.83. The molecule has 2 aromatic rings. The van der Waals surface area contributed by atoms with Gasteiger partial charge in [0.2, 0.25) is 0 Å². The number of carbonyl (C=O) groups excluding carboxylic acids is 1. The van der Waals surface area contributed by atoms with E-state index in [0.29, 0.717) is 0 Å². The highest BCUT2D eigenvalue weighted by molar-refractivity contribution is 6.32. The molecule has 0 fully saturated rings. The third-order valence-electron chi connectivity index (χ3n) is 3.01. The van der Waals surface area contributed by atoms with E-state index in [1.54, 1.807) is 6.92 Å². The fourth-order valence-corrected chi connectivity index (χ4v) is 2.12. The molecule has 0 saturated heterocycles. The lowest BCUT2D eigenvalue weighted by molar-refractivity contribution is -0.141. The van der Waals surface area contributed by atoms with E-state index >= 15 is 0 Å². The molecule has 1 atom stereocenters. The quantitative estimate of drug-likeness (QED) is 0.853. The topological polar surface area (TPSA) is 52.7 Å². The van der Waals surface area contributed by atoms with Gasteiger partial charge in [0.25, 0.3) is 5.91 Å². The Bertz CT molecular complexity index is 689. The SMILES string of the molecule is Cc1cnn(C(=O)[C@@H](C)n2nc(C(F)(F)F)c(Cl)c2C)c1. The molecule has 2 heterocycles. The van der Waals surface area contributed by atoms with Gasteiger partial charge >= 0.3 is 6.18 Å². The third kappa shape index (κ3) is 2.80. The molecule has 9 heteroatoms. The van der Waals surface area contributed by atoms with Crippen molar-refractivity contribution in [1.29, 1.82) is 0 Å². The number of hydrogen-bond donors (Lipinski definition) is 0. The van der Waals surface area contributed by atoms with Crippen molar-refractivity contribution in [1.82, 2.24) is 19.6 Å². The summed E-state index contributed by atoms with van der Waals surface area (Å²) in [5, 5.41) is 6.77. The highest BCUT2D eigenvalue weighted by atomic mass is 35.5. The molecule has 0 aliphatic carbocycles. The van der Waals surface area contributed by atoms with Gasteiger partial charge < -0.3 is 0 Å². The first-order valence-corrected chi connectivity index (χ1v) is 6.38. The number of halogens is 4. The van der Waals surface area contributed by atoms with Gasteiger partial charge in [0.1, 0.15) is 6.04 Å². The van der Waals surface area contributed by atoms with E-state index in [4.69, 9.17) is 11.6 Å². The zero-order valence-electron chi connectivity index (χ0n) is 11.4. The van der Waals surface area contributed by atoms with Gasteiger partial charge in [-0.1, -0.05) is 11.6 Å². The summed E-state index contributed by atoms with van der Waals surface area (Å²) in [7, 11) is 0. The van der Waals surface area contributed by atoms with Gasteiger partial charge in [-0.25, -0.2) is 4.68 Å². The molecule has 0 aromatic carbocycles. The second kappa shape index (κ2) is 5.18. The van der Waals surface area contributed by atoms with Gasteiger partial charge in [-0.15, -0.1) is 0 Å². The highest BCUT2D eigenvalue weighted by Crippen LogP contribution is 2.36. The summed E-state index contributed by atoms with van der Waals surface area (Å²) in [4.78, 5) is 12.2. The van der Waals surface area contributed by atoms with Crippen LogP contribution in [0.1, 0.15) is 34.7 Å². The molecule has 114 valence electrons. The molecule has 2 aromatic heterocycles. The van der Waals surface area contributed by atoms with Crippen LogP contribution in [0, 0.1) is 13.8 Å². The van der Waals surface area contributed by atoms with Crippen molar-refractivity contribution in [3.8, 4) is 0 Å². The fourth-order valence-electron chi connectivity index (χ4n) is 1.89. The predicted molar refractivity (Wildman–Crippen MR) is 69.3 cm³/mol. The number of alkyl halides is 3. The molecule has 5 nitrogen and oxygen atoms in total. The zero-order chi connectivity index (χ0) is 15.9. The van der Waals surface area contributed by atoms with E-state index in [0.717, 1.165) is 14.9 Å². The maximum Gasteiger partial charge on any atom is 0.436 e. The second-order valence-electron chi connectivity index (χ2n) is 4.67. The Morgan fingerprint density at radius 1 is 1.38 bits per heavy atom. The Morgan fingerprint density at radius 3 is 2.43 bits per heavy atom. The standard InChI is InChI=1S/C12H12ClF3N4O/c1-6-4-17-19(5-6)11(21)8(3)20-7(2)9(13)10(18-20)12(14,15)16/h4-5,8H,1-3H3/t8-/m1/s1. The minimum absolute atomic E-state index is 0.0775. The van der Waals surface area contributed by atoms with Crippen molar-refractivity contribution in [2.75, 3.05) is 0 Å². The van der Waals surface area contributed by atoms with E-state index < -0.39 is 28.8 Å². The largest absolute Gasteiger partial charge is 0.436 e. The molecule has 0 N–H and O–H groups in total. The monoisotopic (exact) mass is 320 g/mol. The Balaban J connectivity index is 2.40. The Morgan fingerprint density at radius 2 is 2.00 bits per heavy atom. The molecular weight excluding hydrogens is 309 g/mol. The van der Waals surface area contributed by atoms with Gasteiger partial charge in [0.05, 0.1) is 16.9 Å². The van der Waals surface area contributed by atoms with Crippen molar-refractivity contribution in [3.63, 3.8) is 0 Å². The molecule has 0 bridgehead atoms. The lowest BCUT2D eigenvalue weighted by Crippen LogP contribution is -2.25. The summed E-state index contributed by atoms with van der Waals surface area (Å²) in [6, 6.07) is -0.960. The number of carbonyl (C=O) groups is 1. The van der Waals surface area contributed by atoms with Crippen LogP contribution in [0.4, 0.5) is 13.2 Å². The maximum atomic E-state index is 12.8. The molecule has 0 amide bonds. The van der Waals surface area contributed by atoms with Crippen LogP contribution in [0.15, 0.2) is 12.4 Å². The van der Waals surface area contributed by atoms with Crippen LogP contribution in [0.25, 0.3) is 0 Å². The maximum absolute atomic E-state index is 12.8. The molecule has 0 unspecified atom stereocenters. The molecule has 0 aliphatic heterocycles. The van der Waals surface area contributed by atoms with Crippen LogP contribution in [-0.2, 0) is 6.18 Å². The molecule has 0 saturated carbocycles. The minimum atomic E-state index is -4.67. The number of aryl methyl sites for hydroxylation is 1. The van der Waals surface area contributed by atoms with Crippen molar-refractivity contribution < 1.29 is 18.0 Å². The van der Waals surface area contributed by atoms with Crippen molar-refractivity contribution in [2.45, 2.75) is 33.0 Å². The normalized spacial score (nSPS) is 13.5. The van der Waals surface area contributed by atoms with Gasteiger partial charge in [0.15, 0.2) is 5.69 Å². The average molecular weight is 321 g/mol. The highest BCUT2D eigenvalue weighted by Gasteiger charge is 2.39. The van der Waals surface area contributed by atoms with Crippen LogP contribution < -0.4 is 0 Å². The minimum Gasteiger partial charge on any atom is -0.270 e. The lowest BCUT2D eigenvalue weighted by atomic mass is 10.3. The summed E-state index contributed by atoms with van der Waals surface area (Å²) in [5.74, 6) is -0.501. The van der Waals surface area contributed by atoms with E-state index in [2.05, 4.69) is 10.2 Å². The van der Waals surface area contributed by atoms with Crippen molar-refractivity contribution in [2.24, 2.45) is 0 Å². The van der Waals surface area contributed by atoms with E-state index in [1.165, 1.54) is 26.2 Å². The van der Waals surface area contributed by atoms with Crippen molar-refractivity contribution in [3.05, 3.63) is 34.4 Å². The van der Waals surface area contributed by atoms with Crippen LogP contribution in [0.3, 0.4) is 0 Å². The molecular formula is C12H12ClF3N4O. The summed E-state index contributed by atoms with van der Waals surface area (Å²) < 4.78 is 40.3. The van der Waals surface area contributed by atoms with Crippen LogP contribution >= 0.6 is 11.6 Å². The molecule has 0 radical (unpaired) electrons. The fraction of sp³-hybridized carbons (Fsp3) is 0.417. The van der Waals surface area contributed by atoms with E-state index in [9.17, 15) is 18.0 Å². The molecule has 21 heavy (non-hydrogen) atoms. The van der Waals surface area contributed by atoms with Gasteiger partial charge in [-0.3, -0.25) is 9.48 Å². The zero-order valence-corrected chi connectivity index (χ0v) is 12.2. The first kappa shape index (κ1) is 15.6. The van der Waals surface area contributed by atoms with Gasteiger partial charge in [-0.05, 0) is 26.3 Å². The molecule has 0 spiro atoms. The van der Waals surface area contributed by atoms with Gasteiger partial charge in [-0.2, -0.15) is 23.4 Å². The smallest absolute Gasteiger partial charge is 0.270 e. The number of nitrogens with zero attached hydrogens (tertiary/aromatic N) is 4. The first-order valence-electron chi connectivity index (χ1n) is 6.00. The molecule has 0 aliphatic rings. The van der Waals surface area contributed by atoms with Crippen LogP contribution in [0.5, 0.6) is 0 Å². The van der Waals surface area contributed by atoms with Crippen LogP contribution in [0.2, 0.25) is 5.02 Å². The average Bonchev–Trinajstić information content (AvgIpc) is 2.93. The summed E-state index contributed by atoms with van der Waals surface area (Å²) in [6.07, 6.45) is -1.70. The number of rotatable bonds is 2. The summed E-state index contributed by atoms with van der Waals surface area (Å²) in [5.41, 5.74) is -0.353. The predicted octanol–water partition coefficient (Wildman–Crippen LogP) is 3.27. The van der Waals surface area contributed by atoms with Crippen LogP contribution in [-0.4, -0.2) is 25.5 Å². The first-order chi connectivity index (χ1) is 9.62. The Labute approximate surface area is 123 Å². The van der Waals surface area contributed by atoms with Gasteiger partial charge in [0, 0.05) is 6.20 Å². The number of aromatic nitrogens is 4. The summed E-state index contributed by atoms with van der Waals surface area (Å²) in [6.45, 7) is 4.57. The van der Waals surface area contributed by atoms with Crippen molar-refractivity contribution >= 4 is 17.5 Å². The van der Waals surface area contributed by atoms with E-state index in [1.807, 2.05) is 0 Å². The summed E-state index contributed by atoms with van der Waals surface area (Å²) >= 11 is 5.66. The number of hydrogen-bond acceptors (Lipinski definition) is 3. The molecule has 2 rings (SSSR count).